The number of rotatable bonds is 13. The highest BCUT2D eigenvalue weighted by Gasteiger charge is 2.35. The van der Waals surface area contributed by atoms with Gasteiger partial charge in [0.2, 0.25) is 17.7 Å². The number of aromatic hydroxyl groups is 1. The fourth-order valence-electron chi connectivity index (χ4n) is 2.84. The van der Waals surface area contributed by atoms with Crippen LogP contribution < -0.4 is 16.4 Å². The van der Waals surface area contributed by atoms with E-state index in [1.165, 1.54) is 6.92 Å². The largest absolute Gasteiger partial charge is 0.508 e. The van der Waals surface area contributed by atoms with Gasteiger partial charge in [-0.25, -0.2) is 0 Å². The molecule has 156 valence electrons. The monoisotopic (exact) mass is 391 g/mol. The van der Waals surface area contributed by atoms with Crippen LogP contribution in [0.1, 0.15) is 64.4 Å². The number of unbranched alkanes of at least 4 members (excludes halogenated alkanes) is 4. The lowest BCUT2D eigenvalue weighted by atomic mass is 9.95. The van der Waals surface area contributed by atoms with Crippen LogP contribution in [-0.2, 0) is 20.8 Å². The SMILES string of the molecule is CCCCCCCC(=O)N[C@](C)(CC(=O)NCCc1ccc(O)cc1)C(N)=O. The second-order valence-corrected chi connectivity index (χ2v) is 7.35. The van der Waals surface area contributed by atoms with Crippen molar-refractivity contribution in [3.05, 3.63) is 29.8 Å². The minimum absolute atomic E-state index is 0.186. The molecule has 0 aliphatic rings. The summed E-state index contributed by atoms with van der Waals surface area (Å²) in [5, 5.41) is 14.6. The highest BCUT2D eigenvalue weighted by molar-refractivity contribution is 5.94. The van der Waals surface area contributed by atoms with E-state index in [4.69, 9.17) is 5.73 Å². The lowest BCUT2D eigenvalue weighted by molar-refractivity contribution is -0.134. The van der Waals surface area contributed by atoms with E-state index in [1.807, 2.05) is 0 Å². The van der Waals surface area contributed by atoms with Crippen LogP contribution in [0.3, 0.4) is 0 Å². The molecule has 0 fully saturated rings. The average Bonchev–Trinajstić information content (AvgIpc) is 2.63. The maximum atomic E-state index is 12.2. The Morgan fingerprint density at radius 1 is 1.04 bits per heavy atom. The van der Waals surface area contributed by atoms with Gasteiger partial charge in [-0.15, -0.1) is 0 Å². The van der Waals surface area contributed by atoms with Gasteiger partial charge >= 0.3 is 0 Å². The molecule has 0 heterocycles. The molecule has 1 aromatic rings. The first kappa shape index (κ1) is 23.5. The molecule has 1 atom stereocenters. The van der Waals surface area contributed by atoms with Gasteiger partial charge in [0, 0.05) is 13.0 Å². The molecule has 0 saturated heterocycles. The van der Waals surface area contributed by atoms with E-state index in [0.717, 1.165) is 37.7 Å². The van der Waals surface area contributed by atoms with Crippen molar-refractivity contribution in [1.82, 2.24) is 10.6 Å². The van der Waals surface area contributed by atoms with Gasteiger partial charge in [-0.05, 0) is 37.5 Å². The summed E-state index contributed by atoms with van der Waals surface area (Å²) in [6, 6.07) is 6.71. The zero-order valence-corrected chi connectivity index (χ0v) is 16.9. The van der Waals surface area contributed by atoms with E-state index in [0.29, 0.717) is 19.4 Å². The van der Waals surface area contributed by atoms with Crippen LogP contribution in [0, 0.1) is 0 Å². The first-order valence-corrected chi connectivity index (χ1v) is 9.92. The van der Waals surface area contributed by atoms with Crippen molar-refractivity contribution in [3.8, 4) is 5.75 Å². The van der Waals surface area contributed by atoms with Crippen LogP contribution in [-0.4, -0.2) is 34.9 Å². The predicted molar refractivity (Wildman–Crippen MR) is 109 cm³/mol. The molecule has 1 rings (SSSR count). The van der Waals surface area contributed by atoms with Crippen molar-refractivity contribution in [2.45, 2.75) is 70.8 Å². The minimum atomic E-state index is -1.41. The highest BCUT2D eigenvalue weighted by Crippen LogP contribution is 2.12. The molecule has 0 bridgehead atoms. The first-order valence-electron chi connectivity index (χ1n) is 9.92. The van der Waals surface area contributed by atoms with E-state index in [1.54, 1.807) is 24.3 Å². The normalized spacial score (nSPS) is 12.8. The second-order valence-electron chi connectivity index (χ2n) is 7.35. The third-order valence-electron chi connectivity index (χ3n) is 4.65. The summed E-state index contributed by atoms with van der Waals surface area (Å²) in [5.74, 6) is -1.18. The number of nitrogens with one attached hydrogen (secondary N) is 2. The molecule has 5 N–H and O–H groups in total. The molecule has 0 aliphatic carbocycles. The summed E-state index contributed by atoms with van der Waals surface area (Å²) in [6.45, 7) is 3.98. The Balaban J connectivity index is 2.43. The topological polar surface area (TPSA) is 122 Å². The quantitative estimate of drug-likeness (QED) is 0.385. The number of phenols is 1. The van der Waals surface area contributed by atoms with Gasteiger partial charge in [0.05, 0.1) is 6.42 Å². The fraction of sp³-hybridized carbons (Fsp3) is 0.571. The maximum absolute atomic E-state index is 12.2. The Labute approximate surface area is 167 Å². The van der Waals surface area contributed by atoms with Crippen LogP contribution in [0.2, 0.25) is 0 Å². The fourth-order valence-corrected chi connectivity index (χ4v) is 2.84. The van der Waals surface area contributed by atoms with E-state index in [2.05, 4.69) is 17.6 Å². The van der Waals surface area contributed by atoms with Crippen molar-refractivity contribution in [1.29, 1.82) is 0 Å². The molecular weight excluding hydrogens is 358 g/mol. The Kier molecular flexibility index (Phi) is 10.1. The zero-order chi connectivity index (χ0) is 21.0. The van der Waals surface area contributed by atoms with Crippen LogP contribution in [0.25, 0.3) is 0 Å². The lowest BCUT2D eigenvalue weighted by Gasteiger charge is -2.27. The predicted octanol–water partition coefficient (Wildman–Crippen LogP) is 2.16. The third kappa shape index (κ3) is 8.88. The number of carbonyl (C=O) groups excluding carboxylic acids is 3. The zero-order valence-electron chi connectivity index (χ0n) is 16.9. The number of amides is 3. The molecular formula is C21H33N3O4. The van der Waals surface area contributed by atoms with E-state index in [9.17, 15) is 19.5 Å². The molecule has 0 saturated carbocycles. The van der Waals surface area contributed by atoms with Crippen molar-refractivity contribution in [2.75, 3.05) is 6.54 Å². The molecule has 0 unspecified atom stereocenters. The standard InChI is InChI=1S/C21H33N3O4/c1-3-4-5-6-7-8-18(26)24-21(2,20(22)28)15-19(27)23-14-13-16-9-11-17(25)12-10-16/h9-12,25H,3-8,13-15H2,1-2H3,(H2,22,28)(H,23,27)(H,24,26)/t21-/m1/s1. The molecule has 28 heavy (non-hydrogen) atoms. The van der Waals surface area contributed by atoms with Gasteiger partial charge in [-0.1, -0.05) is 44.7 Å². The van der Waals surface area contributed by atoms with Crippen molar-refractivity contribution in [2.24, 2.45) is 5.73 Å². The van der Waals surface area contributed by atoms with Crippen LogP contribution in [0.5, 0.6) is 5.75 Å². The molecule has 1 aromatic carbocycles. The lowest BCUT2D eigenvalue weighted by Crippen LogP contribution is -2.57. The summed E-state index contributed by atoms with van der Waals surface area (Å²) in [7, 11) is 0. The van der Waals surface area contributed by atoms with E-state index >= 15 is 0 Å². The van der Waals surface area contributed by atoms with Gasteiger partial charge in [0.15, 0.2) is 0 Å². The van der Waals surface area contributed by atoms with Gasteiger partial charge in [0.25, 0.3) is 0 Å². The Bertz CT molecular complexity index is 646. The number of primary amides is 1. The van der Waals surface area contributed by atoms with Crippen molar-refractivity contribution in [3.63, 3.8) is 0 Å². The summed E-state index contributed by atoms with van der Waals surface area (Å²) in [5.41, 5.74) is 4.99. The molecule has 3 amide bonds. The van der Waals surface area contributed by atoms with E-state index < -0.39 is 11.4 Å². The molecule has 7 heteroatoms. The van der Waals surface area contributed by atoms with Gasteiger partial charge in [-0.2, -0.15) is 0 Å². The number of phenolic OH excluding ortho intramolecular Hbond substituents is 1. The minimum Gasteiger partial charge on any atom is -0.508 e. The molecule has 0 radical (unpaired) electrons. The summed E-state index contributed by atoms with van der Waals surface area (Å²) >= 11 is 0. The summed E-state index contributed by atoms with van der Waals surface area (Å²) in [4.78, 5) is 36.2. The Morgan fingerprint density at radius 2 is 1.68 bits per heavy atom. The van der Waals surface area contributed by atoms with E-state index in [-0.39, 0.29) is 24.0 Å². The van der Waals surface area contributed by atoms with Crippen LogP contribution >= 0.6 is 0 Å². The molecule has 0 aliphatic heterocycles. The van der Waals surface area contributed by atoms with Gasteiger partial charge in [-0.3, -0.25) is 14.4 Å². The van der Waals surface area contributed by atoms with Crippen molar-refractivity contribution < 1.29 is 19.5 Å². The Morgan fingerprint density at radius 3 is 2.29 bits per heavy atom. The molecule has 7 nitrogen and oxygen atoms in total. The van der Waals surface area contributed by atoms with Crippen LogP contribution in [0.4, 0.5) is 0 Å². The molecule has 0 spiro atoms. The third-order valence-corrected chi connectivity index (χ3v) is 4.65. The number of nitrogens with two attached hydrogens (primary N) is 1. The van der Waals surface area contributed by atoms with Gasteiger partial charge < -0.3 is 21.5 Å². The second kappa shape index (κ2) is 12.0. The first-order chi connectivity index (χ1) is 13.3. The number of carbonyl (C=O) groups is 3. The maximum Gasteiger partial charge on any atom is 0.243 e. The van der Waals surface area contributed by atoms with Crippen molar-refractivity contribution >= 4 is 17.7 Å². The number of hydrogen-bond acceptors (Lipinski definition) is 4. The summed E-state index contributed by atoms with van der Waals surface area (Å²) in [6.07, 6.45) is 5.77. The van der Waals surface area contributed by atoms with Crippen LogP contribution in [0.15, 0.2) is 24.3 Å². The average molecular weight is 392 g/mol. The smallest absolute Gasteiger partial charge is 0.243 e. The molecule has 0 aromatic heterocycles. The Hall–Kier alpha value is -2.57. The number of benzene rings is 1. The highest BCUT2D eigenvalue weighted by atomic mass is 16.3. The number of hydrogen-bond donors (Lipinski definition) is 4. The summed E-state index contributed by atoms with van der Waals surface area (Å²) < 4.78 is 0. The van der Waals surface area contributed by atoms with Gasteiger partial charge in [0.1, 0.15) is 11.3 Å².